The summed E-state index contributed by atoms with van der Waals surface area (Å²) in [5.41, 5.74) is 0. The third kappa shape index (κ3) is 2.90. The van der Waals surface area contributed by atoms with Gasteiger partial charge in [0.1, 0.15) is 6.04 Å². The van der Waals surface area contributed by atoms with E-state index in [0.717, 1.165) is 4.90 Å². The topological polar surface area (TPSA) is 74.7 Å². The van der Waals surface area contributed by atoms with Crippen LogP contribution in [0.25, 0.3) is 0 Å². The van der Waals surface area contributed by atoms with Gasteiger partial charge in [-0.15, -0.1) is 0 Å². The van der Waals surface area contributed by atoms with E-state index in [4.69, 9.17) is 5.11 Å². The Balaban J connectivity index is 2.03. The lowest BCUT2D eigenvalue weighted by atomic mass is 9.86. The molecular formula is C12H15F2NO4. The number of rotatable bonds is 2. The average molecular weight is 275 g/mol. The summed E-state index contributed by atoms with van der Waals surface area (Å²) < 4.78 is 26.0. The molecule has 1 unspecified atom stereocenters. The molecule has 7 heteroatoms. The fourth-order valence-electron chi connectivity index (χ4n) is 2.66. The minimum atomic E-state index is -2.73. The van der Waals surface area contributed by atoms with Crippen molar-refractivity contribution in [3.63, 3.8) is 0 Å². The normalized spacial score (nSPS) is 27.6. The first-order chi connectivity index (χ1) is 8.80. The van der Waals surface area contributed by atoms with Crippen LogP contribution >= 0.6 is 0 Å². The third-order valence-electron chi connectivity index (χ3n) is 3.78. The van der Waals surface area contributed by atoms with Gasteiger partial charge < -0.3 is 10.0 Å². The number of alkyl halides is 2. The van der Waals surface area contributed by atoms with Gasteiger partial charge in [0.05, 0.1) is 6.54 Å². The van der Waals surface area contributed by atoms with Crippen molar-refractivity contribution in [2.24, 2.45) is 5.92 Å². The Hall–Kier alpha value is -1.53. The van der Waals surface area contributed by atoms with Gasteiger partial charge in [-0.3, -0.25) is 9.59 Å². The van der Waals surface area contributed by atoms with Crippen molar-refractivity contribution in [2.45, 2.75) is 44.1 Å². The number of ketones is 1. The number of hydrogen-bond acceptors (Lipinski definition) is 3. The number of Topliss-reactive ketones (excluding diaryl/α,β-unsaturated/α-hetero) is 1. The lowest BCUT2D eigenvalue weighted by Gasteiger charge is -2.31. The predicted molar refractivity (Wildman–Crippen MR) is 59.7 cm³/mol. The van der Waals surface area contributed by atoms with E-state index < -0.39 is 29.8 Å². The number of carboxylic acids is 1. The number of carboxylic acid groups (broad SMARTS) is 1. The number of nitrogens with zero attached hydrogens (tertiary/aromatic N) is 1. The summed E-state index contributed by atoms with van der Waals surface area (Å²) in [5.74, 6) is -5.33. The largest absolute Gasteiger partial charge is 0.480 e. The molecule has 2 fully saturated rings. The highest BCUT2D eigenvalue weighted by Crippen LogP contribution is 2.37. The van der Waals surface area contributed by atoms with Crippen LogP contribution < -0.4 is 0 Å². The molecule has 0 aromatic heterocycles. The first kappa shape index (κ1) is 13.9. The second-order valence-electron chi connectivity index (χ2n) is 5.19. The van der Waals surface area contributed by atoms with Gasteiger partial charge in [0.15, 0.2) is 5.78 Å². The molecule has 0 spiro atoms. The monoisotopic (exact) mass is 275 g/mol. The van der Waals surface area contributed by atoms with Gasteiger partial charge in [0, 0.05) is 25.2 Å². The smallest absolute Gasteiger partial charge is 0.326 e. The summed E-state index contributed by atoms with van der Waals surface area (Å²) in [7, 11) is 0. The number of carbonyl (C=O) groups is 3. The number of halogens is 2. The van der Waals surface area contributed by atoms with Gasteiger partial charge in [-0.2, -0.15) is 0 Å². The molecular weight excluding hydrogens is 260 g/mol. The van der Waals surface area contributed by atoms with Crippen LogP contribution in [0.5, 0.6) is 0 Å². The van der Waals surface area contributed by atoms with Crippen molar-refractivity contribution in [2.75, 3.05) is 6.54 Å². The van der Waals surface area contributed by atoms with Crippen molar-refractivity contribution in [1.82, 2.24) is 4.90 Å². The number of aliphatic carboxylic acids is 1. The number of likely N-dealkylation sites (tertiary alicyclic amines) is 1. The summed E-state index contributed by atoms with van der Waals surface area (Å²) >= 11 is 0. The molecule has 1 saturated carbocycles. The first-order valence-electron chi connectivity index (χ1n) is 6.23. The maximum atomic E-state index is 13.0. The number of carbonyl (C=O) groups excluding carboxylic acids is 2. The van der Waals surface area contributed by atoms with Crippen LogP contribution in [0.1, 0.15) is 32.1 Å². The highest BCUT2D eigenvalue weighted by atomic mass is 19.3. The summed E-state index contributed by atoms with van der Waals surface area (Å²) in [4.78, 5) is 35.4. The lowest BCUT2D eigenvalue weighted by Crippen LogP contribution is -2.45. The van der Waals surface area contributed by atoms with Gasteiger partial charge in [-0.05, 0) is 12.8 Å². The van der Waals surface area contributed by atoms with Crippen molar-refractivity contribution in [3.8, 4) is 0 Å². The van der Waals surface area contributed by atoms with Crippen molar-refractivity contribution in [1.29, 1.82) is 0 Å². The third-order valence-corrected chi connectivity index (χ3v) is 3.78. The Morgan fingerprint density at radius 2 is 1.84 bits per heavy atom. The first-order valence-corrected chi connectivity index (χ1v) is 6.23. The minimum Gasteiger partial charge on any atom is -0.480 e. The fraction of sp³-hybridized carbons (Fsp3) is 0.750. The molecule has 5 nitrogen and oxygen atoms in total. The van der Waals surface area contributed by atoms with Gasteiger partial charge >= 0.3 is 5.97 Å². The van der Waals surface area contributed by atoms with E-state index >= 15 is 0 Å². The standard InChI is InChI=1S/C12H15F2NO4/c13-12(14)3-1-7(2-4-12)10(17)15-6-8(16)5-9(15)11(18)19/h7,9H,1-6H2,(H,18,19). The van der Waals surface area contributed by atoms with E-state index in [0.29, 0.717) is 0 Å². The van der Waals surface area contributed by atoms with Crippen LogP contribution in [0.15, 0.2) is 0 Å². The highest BCUT2D eigenvalue weighted by Gasteiger charge is 2.44. The zero-order valence-corrected chi connectivity index (χ0v) is 10.3. The zero-order valence-electron chi connectivity index (χ0n) is 10.3. The molecule has 1 aliphatic carbocycles. The van der Waals surface area contributed by atoms with E-state index in [1.807, 2.05) is 0 Å². The van der Waals surface area contributed by atoms with E-state index in [1.165, 1.54) is 0 Å². The predicted octanol–water partition coefficient (Wildman–Crippen LogP) is 1.07. The quantitative estimate of drug-likeness (QED) is 0.818. The molecule has 2 aliphatic rings. The van der Waals surface area contributed by atoms with Gasteiger partial charge in [-0.25, -0.2) is 13.6 Å². The number of amides is 1. The molecule has 1 N–H and O–H groups in total. The Kier molecular flexibility index (Phi) is 3.56. The molecule has 0 aromatic carbocycles. The van der Waals surface area contributed by atoms with Crippen LogP contribution in [0.2, 0.25) is 0 Å². The van der Waals surface area contributed by atoms with Crippen LogP contribution in [-0.4, -0.2) is 46.2 Å². The van der Waals surface area contributed by atoms with E-state index in [-0.39, 0.29) is 44.4 Å². The Morgan fingerprint density at radius 1 is 1.26 bits per heavy atom. The lowest BCUT2D eigenvalue weighted by molar-refractivity contribution is -0.151. The van der Waals surface area contributed by atoms with Gasteiger partial charge in [-0.1, -0.05) is 0 Å². The summed E-state index contributed by atoms with van der Waals surface area (Å²) in [6, 6.07) is -1.14. The molecule has 0 aromatic rings. The van der Waals surface area contributed by atoms with Crippen LogP contribution in [0.3, 0.4) is 0 Å². The molecule has 0 radical (unpaired) electrons. The van der Waals surface area contributed by atoms with E-state index in [1.54, 1.807) is 0 Å². The SMILES string of the molecule is O=C1CC(C(=O)O)N(C(=O)C2CCC(F)(F)CC2)C1. The molecule has 1 heterocycles. The van der Waals surface area contributed by atoms with Gasteiger partial charge in [0.2, 0.25) is 11.8 Å². The Morgan fingerprint density at radius 3 is 2.37 bits per heavy atom. The second-order valence-corrected chi connectivity index (χ2v) is 5.19. The molecule has 19 heavy (non-hydrogen) atoms. The summed E-state index contributed by atoms with van der Waals surface area (Å²) in [6.07, 6.45) is -0.818. The van der Waals surface area contributed by atoms with Crippen LogP contribution in [0, 0.1) is 5.92 Å². The van der Waals surface area contributed by atoms with Crippen molar-refractivity contribution < 1.29 is 28.3 Å². The molecule has 1 atom stereocenters. The number of hydrogen-bond donors (Lipinski definition) is 1. The minimum absolute atomic E-state index is 0.0445. The summed E-state index contributed by atoms with van der Waals surface area (Å²) in [5, 5.41) is 8.97. The molecule has 106 valence electrons. The van der Waals surface area contributed by atoms with Crippen molar-refractivity contribution >= 4 is 17.7 Å². The maximum Gasteiger partial charge on any atom is 0.326 e. The molecule has 1 aliphatic heterocycles. The zero-order chi connectivity index (χ0) is 14.2. The van der Waals surface area contributed by atoms with E-state index in [9.17, 15) is 23.2 Å². The average Bonchev–Trinajstić information content (AvgIpc) is 2.70. The Bertz CT molecular complexity index is 414. The molecule has 1 saturated heterocycles. The van der Waals surface area contributed by atoms with Crippen molar-refractivity contribution in [3.05, 3.63) is 0 Å². The fourth-order valence-corrected chi connectivity index (χ4v) is 2.66. The molecule has 0 bridgehead atoms. The van der Waals surface area contributed by atoms with Gasteiger partial charge in [0.25, 0.3) is 0 Å². The maximum absolute atomic E-state index is 13.0. The van der Waals surface area contributed by atoms with E-state index in [2.05, 4.69) is 0 Å². The highest BCUT2D eigenvalue weighted by molar-refractivity contribution is 5.97. The van der Waals surface area contributed by atoms with Crippen LogP contribution in [-0.2, 0) is 14.4 Å². The molecule has 2 rings (SSSR count). The second kappa shape index (κ2) is 4.86. The van der Waals surface area contributed by atoms with Crippen LogP contribution in [0.4, 0.5) is 8.78 Å². The Labute approximate surface area is 108 Å². The molecule has 1 amide bonds. The summed E-state index contributed by atoms with van der Waals surface area (Å²) in [6.45, 7) is -0.220.